The molecule has 3 rings (SSSR count). The second-order valence-electron chi connectivity index (χ2n) is 4.15. The number of hydrogen-bond donors (Lipinski definition) is 1. The molecule has 0 saturated heterocycles. The molecule has 0 aliphatic heterocycles. The molecule has 82 valence electrons. The number of aromatic nitrogens is 1. The lowest BCUT2D eigenvalue weighted by molar-refractivity contribution is 0.0723. The highest BCUT2D eigenvalue weighted by atomic mass is 16.5. The normalized spacial score (nSPS) is 20.1. The van der Waals surface area contributed by atoms with E-state index in [-0.39, 0.29) is 11.9 Å². The second kappa shape index (κ2) is 3.46. The van der Waals surface area contributed by atoms with Crippen molar-refractivity contribution in [2.24, 2.45) is 0 Å². The van der Waals surface area contributed by atoms with Crippen molar-refractivity contribution < 1.29 is 9.53 Å². The third-order valence-corrected chi connectivity index (χ3v) is 3.25. The van der Waals surface area contributed by atoms with Crippen molar-refractivity contribution in [3.63, 3.8) is 0 Å². The van der Waals surface area contributed by atoms with Gasteiger partial charge in [0.15, 0.2) is 5.78 Å². The molecule has 1 heterocycles. The molecule has 0 fully saturated rings. The number of aromatic amines is 1. The van der Waals surface area contributed by atoms with Gasteiger partial charge in [-0.1, -0.05) is 18.2 Å². The minimum Gasteiger partial charge on any atom is -0.375 e. The number of ketones is 1. The predicted molar refractivity (Wildman–Crippen MR) is 61.6 cm³/mol. The van der Waals surface area contributed by atoms with Crippen molar-refractivity contribution >= 4 is 16.7 Å². The van der Waals surface area contributed by atoms with Gasteiger partial charge < -0.3 is 9.72 Å². The molecule has 16 heavy (non-hydrogen) atoms. The Morgan fingerprint density at radius 1 is 1.38 bits per heavy atom. The van der Waals surface area contributed by atoms with Crippen molar-refractivity contribution in [3.05, 3.63) is 35.5 Å². The van der Waals surface area contributed by atoms with Crippen LogP contribution in [-0.2, 0) is 4.74 Å². The fourth-order valence-corrected chi connectivity index (χ4v) is 2.47. The van der Waals surface area contributed by atoms with Crippen molar-refractivity contribution in [1.82, 2.24) is 4.98 Å². The second-order valence-corrected chi connectivity index (χ2v) is 4.15. The highest BCUT2D eigenvalue weighted by Crippen LogP contribution is 2.35. The summed E-state index contributed by atoms with van der Waals surface area (Å²) < 4.78 is 5.41. The van der Waals surface area contributed by atoms with Crippen LogP contribution in [0.25, 0.3) is 10.9 Å². The monoisotopic (exact) mass is 215 g/mol. The molecule has 1 aromatic heterocycles. The average Bonchev–Trinajstić information content (AvgIpc) is 2.69. The van der Waals surface area contributed by atoms with Gasteiger partial charge in [-0.05, 0) is 12.5 Å². The van der Waals surface area contributed by atoms with E-state index in [1.165, 1.54) is 0 Å². The number of methoxy groups -OCH3 is 1. The number of ether oxygens (including phenoxy) is 1. The molecular weight excluding hydrogens is 202 g/mol. The number of benzene rings is 1. The van der Waals surface area contributed by atoms with E-state index in [1.807, 2.05) is 24.3 Å². The van der Waals surface area contributed by atoms with Crippen molar-refractivity contribution in [2.75, 3.05) is 7.11 Å². The van der Waals surface area contributed by atoms with Crippen molar-refractivity contribution in [3.8, 4) is 0 Å². The third kappa shape index (κ3) is 1.21. The fraction of sp³-hybridized carbons (Fsp3) is 0.308. The minimum atomic E-state index is 0.0279. The summed E-state index contributed by atoms with van der Waals surface area (Å²) in [5.74, 6) is 0.223. The highest BCUT2D eigenvalue weighted by molar-refractivity contribution is 6.10. The topological polar surface area (TPSA) is 42.1 Å². The predicted octanol–water partition coefficient (Wildman–Crippen LogP) is 2.83. The Balaban J connectivity index is 2.31. The zero-order chi connectivity index (χ0) is 11.1. The van der Waals surface area contributed by atoms with Crippen LogP contribution in [0.1, 0.15) is 35.0 Å². The maximum atomic E-state index is 11.9. The molecule has 1 unspecified atom stereocenters. The average molecular weight is 215 g/mol. The minimum absolute atomic E-state index is 0.0279. The summed E-state index contributed by atoms with van der Waals surface area (Å²) in [6.07, 6.45) is 1.38. The van der Waals surface area contributed by atoms with Gasteiger partial charge in [-0.2, -0.15) is 0 Å². The molecule has 0 bridgehead atoms. The fourth-order valence-electron chi connectivity index (χ4n) is 2.47. The van der Waals surface area contributed by atoms with Gasteiger partial charge in [-0.3, -0.25) is 4.79 Å². The van der Waals surface area contributed by atoms with E-state index in [9.17, 15) is 4.79 Å². The van der Waals surface area contributed by atoms with E-state index in [0.717, 1.165) is 28.6 Å². The Morgan fingerprint density at radius 2 is 2.19 bits per heavy atom. The van der Waals surface area contributed by atoms with Crippen molar-refractivity contribution in [1.29, 1.82) is 0 Å². The van der Waals surface area contributed by atoms with Gasteiger partial charge in [0, 0.05) is 30.0 Å². The first-order valence-electron chi connectivity index (χ1n) is 5.48. The quantitative estimate of drug-likeness (QED) is 0.794. The van der Waals surface area contributed by atoms with Crippen LogP contribution in [0.5, 0.6) is 0 Å². The van der Waals surface area contributed by atoms with Crippen LogP contribution in [0.15, 0.2) is 24.3 Å². The molecule has 0 saturated carbocycles. The first-order chi connectivity index (χ1) is 7.81. The molecule has 1 atom stereocenters. The number of H-pyrrole nitrogens is 1. The van der Waals surface area contributed by atoms with E-state index in [0.29, 0.717) is 6.42 Å². The molecule has 2 aromatic rings. The van der Waals surface area contributed by atoms with E-state index < -0.39 is 0 Å². The Bertz CT molecular complexity index is 556. The van der Waals surface area contributed by atoms with Gasteiger partial charge >= 0.3 is 0 Å². The summed E-state index contributed by atoms with van der Waals surface area (Å²) >= 11 is 0. The number of carbonyl (C=O) groups excluding carboxylic acids is 1. The lowest BCUT2D eigenvalue weighted by atomic mass is 9.92. The molecule has 0 spiro atoms. The number of nitrogens with one attached hydrogen (secondary N) is 1. The van der Waals surface area contributed by atoms with Crippen molar-refractivity contribution in [2.45, 2.75) is 18.9 Å². The molecule has 1 aliphatic rings. The van der Waals surface area contributed by atoms with Gasteiger partial charge in [-0.15, -0.1) is 0 Å². The summed E-state index contributed by atoms with van der Waals surface area (Å²) in [6, 6.07) is 7.91. The van der Waals surface area contributed by atoms with E-state index >= 15 is 0 Å². The van der Waals surface area contributed by atoms with E-state index in [4.69, 9.17) is 4.74 Å². The summed E-state index contributed by atoms with van der Waals surface area (Å²) in [6.45, 7) is 0. The first kappa shape index (κ1) is 9.60. The number of fused-ring (bicyclic) bond motifs is 3. The molecular formula is C13H13NO2. The Labute approximate surface area is 93.4 Å². The first-order valence-corrected chi connectivity index (χ1v) is 5.48. The highest BCUT2D eigenvalue weighted by Gasteiger charge is 2.29. The van der Waals surface area contributed by atoms with Crippen LogP contribution in [0, 0.1) is 0 Å². The van der Waals surface area contributed by atoms with Gasteiger partial charge in [-0.25, -0.2) is 0 Å². The maximum absolute atomic E-state index is 11.9. The summed E-state index contributed by atoms with van der Waals surface area (Å²) in [4.78, 5) is 15.2. The Kier molecular flexibility index (Phi) is 2.07. The number of hydrogen-bond acceptors (Lipinski definition) is 2. The molecule has 1 aliphatic carbocycles. The van der Waals surface area contributed by atoms with E-state index in [2.05, 4.69) is 4.98 Å². The van der Waals surface area contributed by atoms with Crippen LogP contribution < -0.4 is 0 Å². The molecule has 3 heteroatoms. The smallest absolute Gasteiger partial charge is 0.165 e. The molecule has 1 aromatic carbocycles. The maximum Gasteiger partial charge on any atom is 0.165 e. The van der Waals surface area contributed by atoms with Gasteiger partial charge in [0.25, 0.3) is 0 Å². The number of rotatable bonds is 1. The number of carbonyl (C=O) groups is 1. The molecule has 0 amide bonds. The van der Waals surface area contributed by atoms with Crippen LogP contribution in [0.4, 0.5) is 0 Å². The van der Waals surface area contributed by atoms with Crippen LogP contribution in [-0.4, -0.2) is 17.9 Å². The van der Waals surface area contributed by atoms with Gasteiger partial charge in [0.1, 0.15) is 0 Å². The molecule has 0 radical (unpaired) electrons. The lowest BCUT2D eigenvalue weighted by Gasteiger charge is -2.20. The number of Topliss-reactive ketones (excluding diaryl/α,β-unsaturated/α-hetero) is 1. The SMILES string of the molecule is COC1CCC(=O)c2c1[nH]c1ccccc21. The Morgan fingerprint density at radius 3 is 3.00 bits per heavy atom. The molecule has 1 N–H and O–H groups in total. The van der Waals surface area contributed by atoms with E-state index in [1.54, 1.807) is 7.11 Å². The Hall–Kier alpha value is -1.61. The zero-order valence-electron chi connectivity index (χ0n) is 9.12. The van der Waals surface area contributed by atoms with Crippen LogP contribution in [0.3, 0.4) is 0 Å². The summed E-state index contributed by atoms with van der Waals surface area (Å²) in [5.41, 5.74) is 2.79. The summed E-state index contributed by atoms with van der Waals surface area (Å²) in [5, 5.41) is 1.02. The van der Waals surface area contributed by atoms with Crippen LogP contribution >= 0.6 is 0 Å². The van der Waals surface area contributed by atoms with Gasteiger partial charge in [0.2, 0.25) is 0 Å². The largest absolute Gasteiger partial charge is 0.375 e. The number of para-hydroxylation sites is 1. The van der Waals surface area contributed by atoms with Gasteiger partial charge in [0.05, 0.1) is 11.8 Å². The third-order valence-electron chi connectivity index (χ3n) is 3.25. The zero-order valence-corrected chi connectivity index (χ0v) is 9.12. The standard InChI is InChI=1S/C13H13NO2/c1-16-11-7-6-10(15)12-8-4-2-3-5-9(8)14-13(11)12/h2-5,11,14H,6-7H2,1H3. The van der Waals surface area contributed by atoms with Crippen LogP contribution in [0.2, 0.25) is 0 Å². The molecule has 3 nitrogen and oxygen atoms in total. The lowest BCUT2D eigenvalue weighted by Crippen LogP contribution is -2.16. The summed E-state index contributed by atoms with van der Waals surface area (Å²) in [7, 11) is 1.69.